The summed E-state index contributed by atoms with van der Waals surface area (Å²) >= 11 is 0. The predicted molar refractivity (Wildman–Crippen MR) is 51.6 cm³/mol. The minimum absolute atomic E-state index is 0.108. The zero-order chi connectivity index (χ0) is 13.6. The van der Waals surface area contributed by atoms with E-state index in [9.17, 15) is 26.4 Å². The molecule has 1 saturated heterocycles. The van der Waals surface area contributed by atoms with Crippen LogP contribution in [0.15, 0.2) is 0 Å². The molecule has 0 amide bonds. The minimum atomic E-state index is -5.56. The lowest BCUT2D eigenvalue weighted by Gasteiger charge is -2.23. The second kappa shape index (κ2) is 4.37. The van der Waals surface area contributed by atoms with Crippen LogP contribution in [0, 0.1) is 11.8 Å². The molecule has 2 aliphatic rings. The first-order chi connectivity index (χ1) is 8.19. The zero-order valence-corrected chi connectivity index (χ0v) is 9.96. The summed E-state index contributed by atoms with van der Waals surface area (Å²) in [4.78, 5) is 11.0. The topological polar surface area (TPSA) is 69.7 Å². The van der Waals surface area contributed by atoms with Crippen LogP contribution in [-0.4, -0.2) is 32.6 Å². The van der Waals surface area contributed by atoms with E-state index in [2.05, 4.69) is 4.18 Å². The Bertz CT molecular complexity index is 444. The summed E-state index contributed by atoms with van der Waals surface area (Å²) in [5.74, 6) is -0.675. The van der Waals surface area contributed by atoms with Gasteiger partial charge in [-0.25, -0.2) is 0 Å². The summed E-state index contributed by atoms with van der Waals surface area (Å²) < 4.78 is 67.0. The fourth-order valence-electron chi connectivity index (χ4n) is 2.40. The Morgan fingerprint density at radius 1 is 1.22 bits per heavy atom. The van der Waals surface area contributed by atoms with Gasteiger partial charge in [-0.05, 0) is 24.7 Å². The normalized spacial score (nSPS) is 33.1. The van der Waals surface area contributed by atoms with Crippen molar-refractivity contribution >= 4 is 16.1 Å². The number of cyclic esters (lactones) is 1. The lowest BCUT2D eigenvalue weighted by molar-refractivity contribution is -0.151. The molecular formula is C9H11F3O5S. The van der Waals surface area contributed by atoms with Crippen molar-refractivity contribution in [2.45, 2.75) is 30.9 Å². The lowest BCUT2D eigenvalue weighted by Crippen LogP contribution is -2.29. The Labute approximate surface area is 101 Å². The van der Waals surface area contributed by atoms with Gasteiger partial charge in [-0.2, -0.15) is 21.6 Å². The summed E-state index contributed by atoms with van der Waals surface area (Å²) in [5.41, 5.74) is -5.41. The van der Waals surface area contributed by atoms with Gasteiger partial charge in [0, 0.05) is 6.42 Å². The molecule has 0 radical (unpaired) electrons. The molecule has 0 unspecified atom stereocenters. The quantitative estimate of drug-likeness (QED) is 0.434. The van der Waals surface area contributed by atoms with E-state index in [1.165, 1.54) is 0 Å². The number of esters is 1. The highest BCUT2D eigenvalue weighted by Crippen LogP contribution is 2.40. The molecule has 1 saturated carbocycles. The van der Waals surface area contributed by atoms with Crippen molar-refractivity contribution in [2.75, 3.05) is 6.61 Å². The number of halogens is 3. The Balaban J connectivity index is 2.00. The summed E-state index contributed by atoms with van der Waals surface area (Å²) in [6.45, 7) is 0.120. The zero-order valence-electron chi connectivity index (χ0n) is 9.14. The molecule has 0 aromatic heterocycles. The summed E-state index contributed by atoms with van der Waals surface area (Å²) in [7, 11) is -5.56. The van der Waals surface area contributed by atoms with Crippen molar-refractivity contribution in [3.63, 3.8) is 0 Å². The van der Waals surface area contributed by atoms with E-state index in [4.69, 9.17) is 4.74 Å². The highest BCUT2D eigenvalue weighted by Gasteiger charge is 2.50. The number of rotatable bonds is 2. The Kier molecular flexibility index (Phi) is 3.30. The Morgan fingerprint density at radius 3 is 2.44 bits per heavy atom. The molecular weight excluding hydrogens is 277 g/mol. The van der Waals surface area contributed by atoms with Gasteiger partial charge in [-0.3, -0.25) is 8.98 Å². The average molecular weight is 288 g/mol. The molecule has 0 aromatic carbocycles. The standard InChI is InChI=1S/C9H11F3O5S/c10-9(11,12)18(14,15)17-7-1-5-3-8(13)16-4-6(5)2-7/h5-7H,1-4H2/t5-,6+,7-/m1/s1. The summed E-state index contributed by atoms with van der Waals surface area (Å²) in [6.07, 6.45) is -0.625. The maximum atomic E-state index is 12.1. The first-order valence-corrected chi connectivity index (χ1v) is 6.75. The van der Waals surface area contributed by atoms with Crippen LogP contribution in [0.25, 0.3) is 0 Å². The third kappa shape index (κ3) is 2.61. The minimum Gasteiger partial charge on any atom is -0.465 e. The average Bonchev–Trinajstić information content (AvgIpc) is 2.56. The van der Waals surface area contributed by atoms with Gasteiger partial charge in [0.15, 0.2) is 0 Å². The largest absolute Gasteiger partial charge is 0.523 e. The molecule has 18 heavy (non-hydrogen) atoms. The SMILES string of the molecule is O=C1C[C@H]2C[C@@H](OS(=O)(=O)C(F)(F)F)C[C@H]2CO1. The second-order valence-corrected chi connectivity index (χ2v) is 6.06. The van der Waals surface area contributed by atoms with Gasteiger partial charge < -0.3 is 4.74 Å². The molecule has 0 spiro atoms. The molecule has 5 nitrogen and oxygen atoms in total. The van der Waals surface area contributed by atoms with Gasteiger partial charge in [-0.15, -0.1) is 0 Å². The Hall–Kier alpha value is -0.830. The molecule has 2 fully saturated rings. The van der Waals surface area contributed by atoms with Crippen LogP contribution in [0.3, 0.4) is 0 Å². The van der Waals surface area contributed by atoms with E-state index in [0.717, 1.165) is 0 Å². The molecule has 9 heteroatoms. The number of carbonyl (C=O) groups excluding carboxylic acids is 1. The van der Waals surface area contributed by atoms with Crippen LogP contribution in [0.4, 0.5) is 13.2 Å². The van der Waals surface area contributed by atoms with E-state index < -0.39 is 27.7 Å². The molecule has 1 heterocycles. The van der Waals surface area contributed by atoms with Crippen LogP contribution in [0.5, 0.6) is 0 Å². The van der Waals surface area contributed by atoms with Crippen molar-refractivity contribution in [1.29, 1.82) is 0 Å². The van der Waals surface area contributed by atoms with Crippen LogP contribution in [-0.2, 0) is 23.8 Å². The van der Waals surface area contributed by atoms with Crippen LogP contribution in [0.1, 0.15) is 19.3 Å². The maximum absolute atomic E-state index is 12.1. The summed E-state index contributed by atoms with van der Waals surface area (Å²) in [6, 6.07) is 0. The number of alkyl halides is 3. The second-order valence-electron chi connectivity index (χ2n) is 4.50. The first-order valence-electron chi connectivity index (χ1n) is 5.34. The van der Waals surface area contributed by atoms with Gasteiger partial charge >= 0.3 is 21.6 Å². The fraction of sp³-hybridized carbons (Fsp3) is 0.889. The monoisotopic (exact) mass is 288 g/mol. The third-order valence-corrected chi connectivity index (χ3v) is 4.32. The number of carbonyl (C=O) groups is 1. The van der Waals surface area contributed by atoms with Gasteiger partial charge in [0.25, 0.3) is 0 Å². The highest BCUT2D eigenvalue weighted by atomic mass is 32.2. The van der Waals surface area contributed by atoms with Crippen molar-refractivity contribution < 1.29 is 35.3 Å². The van der Waals surface area contributed by atoms with E-state index in [-0.39, 0.29) is 37.7 Å². The smallest absolute Gasteiger partial charge is 0.465 e. The van der Waals surface area contributed by atoms with E-state index in [0.29, 0.717) is 0 Å². The van der Waals surface area contributed by atoms with Crippen LogP contribution < -0.4 is 0 Å². The van der Waals surface area contributed by atoms with Gasteiger partial charge in [0.2, 0.25) is 0 Å². The van der Waals surface area contributed by atoms with Crippen molar-refractivity contribution in [3.8, 4) is 0 Å². The van der Waals surface area contributed by atoms with Crippen LogP contribution in [0.2, 0.25) is 0 Å². The van der Waals surface area contributed by atoms with Crippen LogP contribution >= 0.6 is 0 Å². The molecule has 1 aliphatic carbocycles. The molecule has 0 bridgehead atoms. The van der Waals surface area contributed by atoms with Crippen molar-refractivity contribution in [1.82, 2.24) is 0 Å². The molecule has 104 valence electrons. The molecule has 3 atom stereocenters. The van der Waals surface area contributed by atoms with E-state index in [1.807, 2.05) is 0 Å². The molecule has 0 N–H and O–H groups in total. The number of ether oxygens (including phenoxy) is 1. The van der Waals surface area contributed by atoms with Gasteiger partial charge in [-0.1, -0.05) is 0 Å². The number of hydrogen-bond donors (Lipinski definition) is 0. The van der Waals surface area contributed by atoms with Gasteiger partial charge in [0.1, 0.15) is 0 Å². The highest BCUT2D eigenvalue weighted by molar-refractivity contribution is 7.87. The Morgan fingerprint density at radius 2 is 1.83 bits per heavy atom. The predicted octanol–water partition coefficient (Wildman–Crippen LogP) is 1.19. The van der Waals surface area contributed by atoms with Crippen molar-refractivity contribution in [2.24, 2.45) is 11.8 Å². The van der Waals surface area contributed by atoms with Gasteiger partial charge in [0.05, 0.1) is 12.7 Å². The van der Waals surface area contributed by atoms with E-state index in [1.54, 1.807) is 0 Å². The van der Waals surface area contributed by atoms with Crippen molar-refractivity contribution in [3.05, 3.63) is 0 Å². The molecule has 2 rings (SSSR count). The first kappa shape index (κ1) is 13.6. The lowest BCUT2D eigenvalue weighted by atomic mass is 9.92. The van der Waals surface area contributed by atoms with E-state index >= 15 is 0 Å². The number of hydrogen-bond acceptors (Lipinski definition) is 5. The third-order valence-electron chi connectivity index (χ3n) is 3.23. The molecule has 1 aliphatic heterocycles. The summed E-state index contributed by atoms with van der Waals surface area (Å²) in [5, 5.41) is 0. The molecule has 0 aromatic rings. The maximum Gasteiger partial charge on any atom is 0.523 e. The fourth-order valence-corrected chi connectivity index (χ4v) is 3.02. The number of fused-ring (bicyclic) bond motifs is 1.